The Morgan fingerprint density at radius 2 is 0.505 bits per heavy atom. The van der Waals surface area contributed by atoms with Gasteiger partial charge in [-0.1, -0.05) is 200 Å². The molecular formula is C93H48N6S6. The van der Waals surface area contributed by atoms with Gasteiger partial charge in [0.25, 0.3) is 0 Å². The highest BCUT2D eigenvalue weighted by Gasteiger charge is 2.25. The average molecular weight is 1440 g/mol. The van der Waals surface area contributed by atoms with Crippen molar-refractivity contribution in [1.82, 2.24) is 28.2 Å². The molecular weight excluding hydrogens is 1390 g/mol. The van der Waals surface area contributed by atoms with Gasteiger partial charge in [0, 0.05) is 149 Å². The van der Waals surface area contributed by atoms with Crippen molar-refractivity contribution in [2.45, 2.75) is 0 Å². The minimum atomic E-state index is 1.04. The van der Waals surface area contributed by atoms with E-state index in [1.807, 2.05) is 68.0 Å². The van der Waals surface area contributed by atoms with Crippen molar-refractivity contribution < 1.29 is 0 Å². The summed E-state index contributed by atoms with van der Waals surface area (Å²) in [4.78, 5) is 15.7. The fourth-order valence-corrected chi connectivity index (χ4v) is 24.8. The topological polar surface area (TPSA) is 51.9 Å². The van der Waals surface area contributed by atoms with Crippen LogP contribution in [0.5, 0.6) is 0 Å². The molecule has 12 heterocycles. The van der Waals surface area contributed by atoms with Crippen LogP contribution in [0.25, 0.3) is 236 Å². The fourth-order valence-electron chi connectivity index (χ4n) is 17.6. The Balaban J connectivity index is 0.0000000914. The highest BCUT2D eigenvalue weighted by molar-refractivity contribution is 7.29. The van der Waals surface area contributed by atoms with Gasteiger partial charge < -0.3 is 0 Å². The number of pyridine rings is 3. The Morgan fingerprint density at radius 1 is 0.181 bits per heavy atom. The van der Waals surface area contributed by atoms with Crippen LogP contribution in [0.1, 0.15) is 0 Å². The summed E-state index contributed by atoms with van der Waals surface area (Å²) in [6.07, 6.45) is 0. The Bertz CT molecular complexity index is 8460. The Kier molecular flexibility index (Phi) is 11.7. The zero-order valence-corrected chi connectivity index (χ0v) is 60.2. The SMILES string of the molecule is c1ccc2c(c1)nc1c3c(ccc4c5ccccc5sc43)c3cc4c(cc3n21)sc1ccccc14.c1ccc2c(c1)nc1c3c(ccc4c5ccccc5sc43)c3ccc4c5ccccc5sc4c3n21.c1ccc2c(c1)nc1c3c(ccc4c5ccccc5sc43)c3ccc4sc5ccccc5c4c3n21. The molecule has 486 valence electrons. The second kappa shape index (κ2) is 21.3. The molecule has 6 nitrogen and oxygen atoms in total. The zero-order chi connectivity index (χ0) is 68.0. The monoisotopic (exact) mass is 1440 g/mol. The highest BCUT2D eigenvalue weighted by Crippen LogP contribution is 2.51. The molecule has 0 N–H and O–H groups in total. The van der Waals surface area contributed by atoms with Gasteiger partial charge in [0.1, 0.15) is 16.9 Å². The van der Waals surface area contributed by atoms with Gasteiger partial charge in [-0.15, -0.1) is 68.0 Å². The predicted molar refractivity (Wildman–Crippen MR) is 460 cm³/mol. The van der Waals surface area contributed by atoms with Crippen LogP contribution in [0, 0.1) is 0 Å². The van der Waals surface area contributed by atoms with E-state index in [2.05, 4.69) is 304 Å². The van der Waals surface area contributed by atoms with E-state index in [9.17, 15) is 0 Å². The number of fused-ring (bicyclic) bond motifs is 47. The molecule has 0 atom stereocenters. The number of thiophene rings is 6. The van der Waals surface area contributed by atoms with Crippen molar-refractivity contribution in [2.75, 3.05) is 0 Å². The molecule has 0 bridgehead atoms. The zero-order valence-electron chi connectivity index (χ0n) is 55.3. The molecule has 15 aromatic carbocycles. The quantitative estimate of drug-likeness (QED) is 0.142. The first-order valence-electron chi connectivity index (χ1n) is 35.2. The Hall–Kier alpha value is -12.0. The summed E-state index contributed by atoms with van der Waals surface area (Å²) in [5.74, 6) is 0. The molecule has 0 radical (unpaired) electrons. The molecule has 105 heavy (non-hydrogen) atoms. The lowest BCUT2D eigenvalue weighted by Gasteiger charge is -2.11. The lowest BCUT2D eigenvalue weighted by Crippen LogP contribution is -1.92. The Labute approximate surface area is 618 Å². The maximum absolute atomic E-state index is 5.26. The van der Waals surface area contributed by atoms with Crippen LogP contribution in [0.15, 0.2) is 291 Å². The summed E-state index contributed by atoms with van der Waals surface area (Å²) in [5, 5.41) is 27.3. The number of nitrogens with zero attached hydrogens (tertiary/aromatic N) is 6. The lowest BCUT2D eigenvalue weighted by atomic mass is 10.0. The molecule has 27 aromatic rings. The molecule has 0 aliphatic rings. The number of rotatable bonds is 0. The molecule has 0 saturated heterocycles. The molecule has 0 aliphatic carbocycles. The summed E-state index contributed by atoms with van der Waals surface area (Å²) < 4.78 is 23.1. The van der Waals surface area contributed by atoms with Crippen LogP contribution in [0.2, 0.25) is 0 Å². The van der Waals surface area contributed by atoms with Gasteiger partial charge in [-0.2, -0.15) is 0 Å². The van der Waals surface area contributed by atoms with Crippen molar-refractivity contribution >= 4 is 304 Å². The average Bonchev–Trinajstić information content (AvgIpc) is 1.58. The van der Waals surface area contributed by atoms with Crippen LogP contribution in [0.4, 0.5) is 0 Å². The first-order valence-corrected chi connectivity index (χ1v) is 40.1. The van der Waals surface area contributed by atoms with Crippen LogP contribution in [-0.4, -0.2) is 28.2 Å². The first kappa shape index (κ1) is 57.5. The summed E-state index contributed by atoms with van der Waals surface area (Å²) >= 11 is 11.3. The highest BCUT2D eigenvalue weighted by atomic mass is 32.1. The molecule has 27 rings (SSSR count). The van der Waals surface area contributed by atoms with Gasteiger partial charge in [-0.05, 0) is 107 Å². The number of benzene rings is 15. The maximum Gasteiger partial charge on any atom is 0.147 e. The molecule has 0 unspecified atom stereocenters. The van der Waals surface area contributed by atoms with Gasteiger partial charge in [-0.25, -0.2) is 15.0 Å². The second-order valence-corrected chi connectivity index (χ2v) is 33.9. The number of imidazole rings is 3. The van der Waals surface area contributed by atoms with E-state index in [1.165, 1.54) is 186 Å². The minimum absolute atomic E-state index is 1.04. The third-order valence-electron chi connectivity index (χ3n) is 22.1. The van der Waals surface area contributed by atoms with Gasteiger partial charge in [0.15, 0.2) is 0 Å². The van der Waals surface area contributed by atoms with Crippen molar-refractivity contribution in [2.24, 2.45) is 0 Å². The number of aromatic nitrogens is 6. The number of hydrogen-bond donors (Lipinski definition) is 0. The van der Waals surface area contributed by atoms with Gasteiger partial charge in [0.2, 0.25) is 0 Å². The summed E-state index contributed by atoms with van der Waals surface area (Å²) in [6, 6.07) is 106. The van der Waals surface area contributed by atoms with E-state index < -0.39 is 0 Å². The second-order valence-electron chi connectivity index (χ2n) is 27.5. The molecule has 0 fully saturated rings. The van der Waals surface area contributed by atoms with Crippen LogP contribution >= 0.6 is 68.0 Å². The van der Waals surface area contributed by atoms with Gasteiger partial charge in [0.05, 0.1) is 54.4 Å². The maximum atomic E-state index is 5.26. The number of para-hydroxylation sites is 6. The summed E-state index contributed by atoms with van der Waals surface area (Å²) in [7, 11) is 0. The fraction of sp³-hybridized carbons (Fsp3) is 0. The molecule has 0 saturated carbocycles. The van der Waals surface area contributed by atoms with E-state index in [0.717, 1.165) is 50.0 Å². The van der Waals surface area contributed by atoms with E-state index >= 15 is 0 Å². The standard InChI is InChI=1S/3C31H16N2S2/c1-6-12-27-17(7-1)20-14-13-19-21-15-22-18-8-2-5-11-26(18)34-28(22)16-25(21)33-24-10-4-3-9-23(24)32-31(33)29(19)30(20)35-27;1-5-11-25-17(7-1)21-15-13-19-20-14-16-22-18-8-2-6-12-26(18)35-30(22)28(20)33-24-10-4-3-9-23(24)32-31(33)27(19)29(21)34-25;1-5-11-24-17(7-1)20-14-13-18-19-15-16-26-27(21-8-2-6-12-25(21)34-26)29(19)33-23-10-4-3-9-22(23)32-31(33)28(18)30(20)35-24/h3*1-16H. The summed E-state index contributed by atoms with van der Waals surface area (Å²) in [6.45, 7) is 0. The first-order chi connectivity index (χ1) is 52.1. The van der Waals surface area contributed by atoms with E-state index in [4.69, 9.17) is 15.0 Å². The molecule has 12 heteroatoms. The van der Waals surface area contributed by atoms with E-state index in [-0.39, 0.29) is 0 Å². The lowest BCUT2D eigenvalue weighted by molar-refractivity contribution is 1.32. The van der Waals surface area contributed by atoms with Crippen molar-refractivity contribution in [3.05, 3.63) is 291 Å². The van der Waals surface area contributed by atoms with Crippen LogP contribution in [-0.2, 0) is 0 Å². The van der Waals surface area contributed by atoms with Crippen molar-refractivity contribution in [1.29, 1.82) is 0 Å². The minimum Gasteiger partial charge on any atom is -0.292 e. The predicted octanol–water partition coefficient (Wildman–Crippen LogP) is 28.6. The molecule has 0 spiro atoms. The van der Waals surface area contributed by atoms with Gasteiger partial charge >= 0.3 is 0 Å². The normalized spacial score (nSPS) is 12.6. The van der Waals surface area contributed by atoms with Gasteiger partial charge in [-0.3, -0.25) is 13.2 Å². The third-order valence-corrected chi connectivity index (χ3v) is 29.2. The van der Waals surface area contributed by atoms with E-state index in [1.54, 1.807) is 0 Å². The largest absolute Gasteiger partial charge is 0.292 e. The van der Waals surface area contributed by atoms with Crippen molar-refractivity contribution in [3.8, 4) is 0 Å². The molecule has 0 aliphatic heterocycles. The smallest absolute Gasteiger partial charge is 0.147 e. The molecule has 12 aromatic heterocycles. The third kappa shape index (κ3) is 7.86. The van der Waals surface area contributed by atoms with E-state index in [0.29, 0.717) is 0 Å². The van der Waals surface area contributed by atoms with Crippen molar-refractivity contribution in [3.63, 3.8) is 0 Å². The Morgan fingerprint density at radius 3 is 1.00 bits per heavy atom. The van der Waals surface area contributed by atoms with Crippen LogP contribution < -0.4 is 0 Å². The summed E-state index contributed by atoms with van der Waals surface area (Å²) in [5.41, 5.74) is 13.5. The van der Waals surface area contributed by atoms with Crippen LogP contribution in [0.3, 0.4) is 0 Å². The molecule has 0 amide bonds. The number of hydrogen-bond acceptors (Lipinski definition) is 9.